The Labute approximate surface area is 189 Å². The van der Waals surface area contributed by atoms with Gasteiger partial charge in [-0.15, -0.1) is 0 Å². The lowest BCUT2D eigenvalue weighted by Crippen LogP contribution is -2.48. The number of anilines is 2. The number of hydrogen-bond donors (Lipinski definition) is 2. The highest BCUT2D eigenvalue weighted by Crippen LogP contribution is 2.20. The molecule has 0 atom stereocenters. The van der Waals surface area contributed by atoms with Crippen molar-refractivity contribution in [1.29, 1.82) is 0 Å². The van der Waals surface area contributed by atoms with Gasteiger partial charge >= 0.3 is 0 Å². The molecule has 0 aromatic heterocycles. The standard InChI is InChI=1S/C21H23IN4O2S/c1-2-19(27)26-13-11-25(12-14-26)16-9-7-15(8-10-16)23-21(29)24-20(28)17-5-3-4-6-18(17)22/h3-10H,2,11-14H2,1H3,(H2,23,24,28,29). The number of amides is 2. The first-order chi connectivity index (χ1) is 14.0. The van der Waals surface area contributed by atoms with Crippen molar-refractivity contribution in [2.24, 2.45) is 0 Å². The lowest BCUT2D eigenvalue weighted by atomic mass is 10.2. The average Bonchev–Trinajstić information content (AvgIpc) is 2.74. The quantitative estimate of drug-likeness (QED) is 0.476. The van der Waals surface area contributed by atoms with Crippen LogP contribution in [0.3, 0.4) is 0 Å². The molecule has 2 amide bonds. The van der Waals surface area contributed by atoms with Crippen LogP contribution in [0.25, 0.3) is 0 Å². The second kappa shape index (κ2) is 10.0. The summed E-state index contributed by atoms with van der Waals surface area (Å²) in [4.78, 5) is 28.3. The van der Waals surface area contributed by atoms with Crippen molar-refractivity contribution in [2.45, 2.75) is 13.3 Å². The zero-order chi connectivity index (χ0) is 20.8. The maximum atomic E-state index is 12.3. The summed E-state index contributed by atoms with van der Waals surface area (Å²) in [5.74, 6) is -0.0198. The van der Waals surface area contributed by atoms with Crippen LogP contribution in [0.15, 0.2) is 48.5 Å². The van der Waals surface area contributed by atoms with Gasteiger partial charge in [0.1, 0.15) is 0 Å². The topological polar surface area (TPSA) is 64.7 Å². The second-order valence-corrected chi connectivity index (χ2v) is 8.23. The molecule has 29 heavy (non-hydrogen) atoms. The number of carbonyl (C=O) groups is 2. The molecule has 0 unspecified atom stereocenters. The predicted octanol–water partition coefficient (Wildman–Crippen LogP) is 3.48. The fourth-order valence-electron chi connectivity index (χ4n) is 3.17. The van der Waals surface area contributed by atoms with E-state index in [1.54, 1.807) is 6.07 Å². The van der Waals surface area contributed by atoms with Crippen LogP contribution in [0.4, 0.5) is 11.4 Å². The maximum Gasteiger partial charge on any atom is 0.258 e. The Hall–Kier alpha value is -2.20. The molecule has 1 aliphatic heterocycles. The summed E-state index contributed by atoms with van der Waals surface area (Å²) in [6, 6.07) is 15.3. The number of nitrogens with zero attached hydrogens (tertiary/aromatic N) is 2. The van der Waals surface area contributed by atoms with Gasteiger partial charge in [0.15, 0.2) is 5.11 Å². The van der Waals surface area contributed by atoms with E-state index in [2.05, 4.69) is 38.1 Å². The fraction of sp³-hybridized carbons (Fsp3) is 0.286. The molecule has 1 aliphatic rings. The van der Waals surface area contributed by atoms with Crippen LogP contribution >= 0.6 is 34.8 Å². The summed E-state index contributed by atoms with van der Waals surface area (Å²) in [5, 5.41) is 6.02. The molecule has 8 heteroatoms. The molecule has 0 spiro atoms. The molecule has 0 bridgehead atoms. The van der Waals surface area contributed by atoms with Gasteiger partial charge < -0.3 is 15.1 Å². The van der Waals surface area contributed by atoms with Crippen LogP contribution in [0.2, 0.25) is 0 Å². The number of carbonyl (C=O) groups excluding carboxylic acids is 2. The third-order valence-corrected chi connectivity index (χ3v) is 5.92. The fourth-order valence-corrected chi connectivity index (χ4v) is 4.01. The number of benzene rings is 2. The Morgan fingerprint density at radius 1 is 1.03 bits per heavy atom. The first-order valence-corrected chi connectivity index (χ1v) is 11.0. The lowest BCUT2D eigenvalue weighted by Gasteiger charge is -2.36. The van der Waals surface area contributed by atoms with Crippen molar-refractivity contribution in [2.75, 3.05) is 36.4 Å². The minimum absolute atomic E-state index is 0.213. The van der Waals surface area contributed by atoms with Gasteiger partial charge in [-0.1, -0.05) is 19.1 Å². The SMILES string of the molecule is CCC(=O)N1CCN(c2ccc(NC(=S)NC(=O)c3ccccc3I)cc2)CC1. The molecule has 1 saturated heterocycles. The Morgan fingerprint density at radius 2 is 1.69 bits per heavy atom. The zero-order valence-corrected chi connectivity index (χ0v) is 19.1. The number of piperazine rings is 1. The summed E-state index contributed by atoms with van der Waals surface area (Å²) in [7, 11) is 0. The molecule has 1 heterocycles. The Kier molecular flexibility index (Phi) is 7.43. The summed E-state index contributed by atoms with van der Waals surface area (Å²) < 4.78 is 0.871. The van der Waals surface area contributed by atoms with Crippen molar-refractivity contribution in [3.63, 3.8) is 0 Å². The van der Waals surface area contributed by atoms with Crippen LogP contribution in [0, 0.1) is 3.57 Å². The van der Waals surface area contributed by atoms with Gasteiger partial charge in [0.05, 0.1) is 5.56 Å². The summed E-state index contributed by atoms with van der Waals surface area (Å²) in [5.41, 5.74) is 2.50. The number of hydrogen-bond acceptors (Lipinski definition) is 4. The molecule has 0 saturated carbocycles. The number of rotatable bonds is 4. The molecule has 2 aromatic rings. The van der Waals surface area contributed by atoms with E-state index in [0.717, 1.165) is 41.1 Å². The van der Waals surface area contributed by atoms with E-state index in [0.29, 0.717) is 12.0 Å². The highest BCUT2D eigenvalue weighted by Gasteiger charge is 2.20. The highest BCUT2D eigenvalue weighted by molar-refractivity contribution is 14.1. The van der Waals surface area contributed by atoms with E-state index in [-0.39, 0.29) is 16.9 Å². The monoisotopic (exact) mass is 522 g/mol. The lowest BCUT2D eigenvalue weighted by molar-refractivity contribution is -0.131. The summed E-state index contributed by atoms with van der Waals surface area (Å²) in [6.07, 6.45) is 0.556. The minimum Gasteiger partial charge on any atom is -0.368 e. The molecule has 2 aromatic carbocycles. The summed E-state index contributed by atoms with van der Waals surface area (Å²) in [6.45, 7) is 5.04. The van der Waals surface area contributed by atoms with Gasteiger partial charge in [0, 0.05) is 47.5 Å². The van der Waals surface area contributed by atoms with Crippen molar-refractivity contribution in [1.82, 2.24) is 10.2 Å². The van der Waals surface area contributed by atoms with Gasteiger partial charge in [0.25, 0.3) is 5.91 Å². The smallest absolute Gasteiger partial charge is 0.258 e. The number of nitrogens with one attached hydrogen (secondary N) is 2. The maximum absolute atomic E-state index is 12.3. The molecule has 0 aliphatic carbocycles. The highest BCUT2D eigenvalue weighted by atomic mass is 127. The Balaban J connectivity index is 1.53. The number of halogens is 1. The van der Waals surface area contributed by atoms with Crippen LogP contribution in [0.5, 0.6) is 0 Å². The molecular formula is C21H23IN4O2S. The van der Waals surface area contributed by atoms with Gasteiger partial charge in [-0.25, -0.2) is 0 Å². The molecular weight excluding hydrogens is 499 g/mol. The van der Waals surface area contributed by atoms with Gasteiger partial charge in [-0.05, 0) is 71.2 Å². The van der Waals surface area contributed by atoms with Gasteiger partial charge in [-0.2, -0.15) is 0 Å². The molecule has 3 rings (SSSR count). The van der Waals surface area contributed by atoms with E-state index in [1.165, 1.54) is 0 Å². The first kappa shape index (κ1) is 21.5. The third kappa shape index (κ3) is 5.66. The molecule has 2 N–H and O–H groups in total. The van der Waals surface area contributed by atoms with Crippen LogP contribution < -0.4 is 15.5 Å². The Bertz CT molecular complexity index is 896. The largest absolute Gasteiger partial charge is 0.368 e. The Morgan fingerprint density at radius 3 is 2.31 bits per heavy atom. The van der Waals surface area contributed by atoms with E-state index < -0.39 is 0 Å². The normalized spacial score (nSPS) is 13.7. The van der Waals surface area contributed by atoms with E-state index >= 15 is 0 Å². The van der Waals surface area contributed by atoms with Crippen molar-refractivity contribution >= 4 is 63.1 Å². The van der Waals surface area contributed by atoms with E-state index in [1.807, 2.05) is 54.3 Å². The molecule has 152 valence electrons. The molecule has 1 fully saturated rings. The zero-order valence-electron chi connectivity index (χ0n) is 16.2. The van der Waals surface area contributed by atoms with E-state index in [9.17, 15) is 9.59 Å². The van der Waals surface area contributed by atoms with Crippen molar-refractivity contribution in [3.05, 3.63) is 57.7 Å². The van der Waals surface area contributed by atoms with Crippen molar-refractivity contribution < 1.29 is 9.59 Å². The first-order valence-electron chi connectivity index (χ1n) is 9.47. The minimum atomic E-state index is -0.233. The van der Waals surface area contributed by atoms with Gasteiger partial charge in [0.2, 0.25) is 5.91 Å². The van der Waals surface area contributed by atoms with E-state index in [4.69, 9.17) is 12.2 Å². The average molecular weight is 522 g/mol. The van der Waals surface area contributed by atoms with Crippen LogP contribution in [-0.2, 0) is 4.79 Å². The van der Waals surface area contributed by atoms with Gasteiger partial charge in [-0.3, -0.25) is 14.9 Å². The second-order valence-electron chi connectivity index (χ2n) is 6.66. The number of thiocarbonyl (C=S) groups is 1. The molecule has 0 radical (unpaired) electrons. The van der Waals surface area contributed by atoms with Crippen molar-refractivity contribution in [3.8, 4) is 0 Å². The summed E-state index contributed by atoms with van der Waals surface area (Å²) >= 11 is 7.40. The molecule has 6 nitrogen and oxygen atoms in total. The van der Waals surface area contributed by atoms with Crippen LogP contribution in [0.1, 0.15) is 23.7 Å². The van der Waals surface area contributed by atoms with Crippen LogP contribution in [-0.4, -0.2) is 48.0 Å². The predicted molar refractivity (Wildman–Crippen MR) is 128 cm³/mol. The third-order valence-electron chi connectivity index (χ3n) is 4.77.